The second kappa shape index (κ2) is 12.6. The highest BCUT2D eigenvalue weighted by atomic mass is 35.5. The Morgan fingerprint density at radius 3 is 2.16 bits per heavy atom. The van der Waals surface area contributed by atoms with Crippen molar-refractivity contribution in [3.63, 3.8) is 0 Å². The van der Waals surface area contributed by atoms with Gasteiger partial charge in [0.2, 0.25) is 21.8 Å². The van der Waals surface area contributed by atoms with E-state index in [9.17, 15) is 31.2 Å². The normalized spacial score (nSPS) is 12.7. The molecule has 0 fully saturated rings. The van der Waals surface area contributed by atoms with Gasteiger partial charge in [-0.05, 0) is 43.7 Å². The van der Waals surface area contributed by atoms with Crippen LogP contribution in [-0.2, 0) is 32.3 Å². The van der Waals surface area contributed by atoms with Gasteiger partial charge in [-0.2, -0.15) is 13.2 Å². The van der Waals surface area contributed by atoms with Crippen LogP contribution >= 0.6 is 34.8 Å². The number of amides is 2. The number of anilines is 1. The van der Waals surface area contributed by atoms with Crippen molar-refractivity contribution in [3.8, 4) is 0 Å². The van der Waals surface area contributed by atoms with Crippen LogP contribution in [0.25, 0.3) is 0 Å². The van der Waals surface area contributed by atoms with Gasteiger partial charge in [0.15, 0.2) is 0 Å². The predicted octanol–water partition coefficient (Wildman–Crippen LogP) is 5.38. The summed E-state index contributed by atoms with van der Waals surface area (Å²) >= 11 is 18.2. The van der Waals surface area contributed by atoms with Gasteiger partial charge in [-0.3, -0.25) is 13.9 Å². The number of benzene rings is 2. The van der Waals surface area contributed by atoms with Gasteiger partial charge in [0.05, 0.1) is 22.5 Å². The van der Waals surface area contributed by atoms with E-state index in [1.165, 1.54) is 19.1 Å². The van der Waals surface area contributed by atoms with Gasteiger partial charge in [0.25, 0.3) is 0 Å². The van der Waals surface area contributed by atoms with E-state index in [1.807, 2.05) is 6.92 Å². The average molecular weight is 603 g/mol. The van der Waals surface area contributed by atoms with Gasteiger partial charge in [-0.15, -0.1) is 0 Å². The summed E-state index contributed by atoms with van der Waals surface area (Å²) in [7, 11) is -4.25. The molecule has 204 valence electrons. The molecule has 2 aromatic rings. The third kappa shape index (κ3) is 8.13. The monoisotopic (exact) mass is 601 g/mol. The number of rotatable bonds is 10. The van der Waals surface area contributed by atoms with Gasteiger partial charge in [-0.1, -0.05) is 47.8 Å². The Bertz CT molecular complexity index is 1240. The Kier molecular flexibility index (Phi) is 10.5. The van der Waals surface area contributed by atoms with Crippen LogP contribution in [0.15, 0.2) is 36.4 Å². The van der Waals surface area contributed by atoms with Gasteiger partial charge < -0.3 is 10.2 Å². The Labute approximate surface area is 228 Å². The summed E-state index contributed by atoms with van der Waals surface area (Å²) in [6.45, 7) is 2.44. The highest BCUT2D eigenvalue weighted by Gasteiger charge is 2.35. The fourth-order valence-electron chi connectivity index (χ4n) is 3.33. The number of nitrogens with zero attached hydrogens (tertiary/aromatic N) is 2. The number of carbonyl (C=O) groups is 2. The molecule has 37 heavy (non-hydrogen) atoms. The van der Waals surface area contributed by atoms with Gasteiger partial charge in [-0.25, -0.2) is 8.42 Å². The van der Waals surface area contributed by atoms with E-state index in [0.29, 0.717) is 28.9 Å². The van der Waals surface area contributed by atoms with Crippen molar-refractivity contribution in [3.05, 3.63) is 62.6 Å². The van der Waals surface area contributed by atoms with Crippen LogP contribution in [0.4, 0.5) is 18.9 Å². The summed E-state index contributed by atoms with van der Waals surface area (Å²) in [5, 5.41) is 2.44. The Balaban J connectivity index is 2.52. The van der Waals surface area contributed by atoms with Crippen LogP contribution < -0.4 is 9.62 Å². The molecule has 0 spiro atoms. The van der Waals surface area contributed by atoms with Crippen LogP contribution in [0.3, 0.4) is 0 Å². The van der Waals surface area contributed by atoms with E-state index in [0.717, 1.165) is 23.3 Å². The smallest absolute Gasteiger partial charge is 0.354 e. The van der Waals surface area contributed by atoms with Gasteiger partial charge >= 0.3 is 6.18 Å². The van der Waals surface area contributed by atoms with Crippen molar-refractivity contribution < 1.29 is 31.2 Å². The lowest BCUT2D eigenvalue weighted by atomic mass is 10.1. The van der Waals surface area contributed by atoms with E-state index in [4.69, 9.17) is 34.8 Å². The third-order valence-corrected chi connectivity index (χ3v) is 7.51. The number of sulfonamides is 1. The molecule has 7 nitrogen and oxygen atoms in total. The lowest BCUT2D eigenvalue weighted by Crippen LogP contribution is -2.51. The third-order valence-electron chi connectivity index (χ3n) is 5.33. The van der Waals surface area contributed by atoms with E-state index < -0.39 is 56.9 Å². The largest absolute Gasteiger partial charge is 0.417 e. The van der Waals surface area contributed by atoms with E-state index >= 15 is 0 Å². The molecule has 1 unspecified atom stereocenters. The maximum Gasteiger partial charge on any atom is 0.417 e. The first-order chi connectivity index (χ1) is 17.1. The molecule has 0 aliphatic rings. The van der Waals surface area contributed by atoms with Crippen LogP contribution in [0.2, 0.25) is 15.1 Å². The van der Waals surface area contributed by atoms with Crippen LogP contribution in [-0.4, -0.2) is 50.5 Å². The molecule has 0 saturated carbocycles. The fraction of sp³-hybridized carbons (Fsp3) is 0.391. The summed E-state index contributed by atoms with van der Waals surface area (Å²) < 4.78 is 65.8. The summed E-state index contributed by atoms with van der Waals surface area (Å²) in [5.74, 6) is -1.39. The predicted molar refractivity (Wildman–Crippen MR) is 138 cm³/mol. The molecule has 2 aromatic carbocycles. The fourth-order valence-corrected chi connectivity index (χ4v) is 4.91. The molecule has 0 aromatic heterocycles. The minimum Gasteiger partial charge on any atom is -0.354 e. The highest BCUT2D eigenvalue weighted by molar-refractivity contribution is 7.92. The Morgan fingerprint density at radius 1 is 1.05 bits per heavy atom. The van der Waals surface area contributed by atoms with Crippen molar-refractivity contribution in [2.75, 3.05) is 23.7 Å². The quantitative estimate of drug-likeness (QED) is 0.396. The van der Waals surface area contributed by atoms with Crippen molar-refractivity contribution in [1.82, 2.24) is 10.2 Å². The molecule has 0 saturated heterocycles. The molecule has 2 amide bonds. The number of alkyl halides is 3. The zero-order valence-corrected chi connectivity index (χ0v) is 23.2. The second-order valence-corrected chi connectivity index (χ2v) is 11.2. The molecule has 0 aliphatic carbocycles. The summed E-state index contributed by atoms with van der Waals surface area (Å²) in [6.07, 6.45) is -3.49. The van der Waals surface area contributed by atoms with E-state index in [-0.39, 0.29) is 16.6 Å². The maximum absolute atomic E-state index is 13.5. The number of hydrogen-bond acceptors (Lipinski definition) is 4. The first-order valence-electron chi connectivity index (χ1n) is 10.9. The molecule has 0 heterocycles. The van der Waals surface area contributed by atoms with Crippen LogP contribution in [0.1, 0.15) is 31.4 Å². The molecule has 0 radical (unpaired) electrons. The van der Waals surface area contributed by atoms with E-state index in [1.54, 1.807) is 6.07 Å². The van der Waals surface area contributed by atoms with Crippen molar-refractivity contribution >= 4 is 62.3 Å². The summed E-state index contributed by atoms with van der Waals surface area (Å²) in [5.41, 5.74) is -1.38. The lowest BCUT2D eigenvalue weighted by Gasteiger charge is -2.32. The first-order valence-corrected chi connectivity index (χ1v) is 13.9. The molecular weight excluding hydrogens is 578 g/mol. The number of halogens is 6. The molecule has 14 heteroatoms. The molecule has 0 bridgehead atoms. The number of carbonyl (C=O) groups excluding carboxylic acids is 2. The Morgan fingerprint density at radius 2 is 1.65 bits per heavy atom. The summed E-state index contributed by atoms with van der Waals surface area (Å²) in [6, 6.07) is 6.04. The minimum atomic E-state index is -4.86. The SMILES string of the molecule is CCCNC(=O)C(C)N(Cc1c(Cl)cccc1Cl)C(=O)CN(c1ccc(Cl)c(C(F)(F)F)c1)S(C)(=O)=O. The summed E-state index contributed by atoms with van der Waals surface area (Å²) in [4.78, 5) is 27.3. The zero-order valence-electron chi connectivity index (χ0n) is 20.1. The molecular formula is C23H25Cl3F3N3O4S. The van der Waals surface area contributed by atoms with Crippen molar-refractivity contribution in [2.45, 2.75) is 39.0 Å². The van der Waals surface area contributed by atoms with Gasteiger partial charge in [0.1, 0.15) is 12.6 Å². The van der Waals surface area contributed by atoms with Crippen LogP contribution in [0, 0.1) is 0 Å². The number of hydrogen-bond donors (Lipinski definition) is 1. The molecule has 1 N–H and O–H groups in total. The van der Waals surface area contributed by atoms with Crippen molar-refractivity contribution in [2.24, 2.45) is 0 Å². The first kappa shape index (κ1) is 31.0. The van der Waals surface area contributed by atoms with E-state index in [2.05, 4.69) is 5.32 Å². The lowest BCUT2D eigenvalue weighted by molar-refractivity contribution is -0.139. The average Bonchev–Trinajstić information content (AvgIpc) is 2.79. The molecule has 1 atom stereocenters. The zero-order chi connectivity index (χ0) is 28.1. The number of nitrogens with one attached hydrogen (secondary N) is 1. The molecule has 0 aliphatic heterocycles. The topological polar surface area (TPSA) is 86.8 Å². The minimum absolute atomic E-state index is 0.207. The Hall–Kier alpha value is -2.21. The maximum atomic E-state index is 13.5. The second-order valence-electron chi connectivity index (χ2n) is 8.12. The standard InChI is InChI=1S/C23H25Cl3F3N3O4S/c1-4-10-30-22(34)14(2)31(12-16-18(24)6-5-7-19(16)25)21(33)13-32(37(3,35)36)15-8-9-20(26)17(11-15)23(27,28)29/h5-9,11,14H,4,10,12-13H2,1-3H3,(H,30,34). The molecule has 2 rings (SSSR count). The van der Waals surface area contributed by atoms with Crippen LogP contribution in [0.5, 0.6) is 0 Å². The van der Waals surface area contributed by atoms with Gasteiger partial charge in [0, 0.05) is 28.7 Å². The van der Waals surface area contributed by atoms with Crippen molar-refractivity contribution in [1.29, 1.82) is 0 Å². The highest BCUT2D eigenvalue weighted by Crippen LogP contribution is 2.37.